The van der Waals surface area contributed by atoms with Gasteiger partial charge >= 0.3 is 0 Å². The quantitative estimate of drug-likeness (QED) is 0.883. The first-order valence-electron chi connectivity index (χ1n) is 5.23. The number of anilines is 1. The zero-order valence-electron chi connectivity index (χ0n) is 9.15. The number of halogens is 1. The van der Waals surface area contributed by atoms with Crippen molar-refractivity contribution in [1.82, 2.24) is 9.78 Å². The third-order valence-corrected chi connectivity index (χ3v) is 2.81. The number of aryl methyl sites for hydroxylation is 1. The maximum absolute atomic E-state index is 6.03. The van der Waals surface area contributed by atoms with Gasteiger partial charge in [-0.2, -0.15) is 5.10 Å². The summed E-state index contributed by atoms with van der Waals surface area (Å²) in [6.45, 7) is 3.68. The fourth-order valence-corrected chi connectivity index (χ4v) is 1.63. The summed E-state index contributed by atoms with van der Waals surface area (Å²) in [6.07, 6.45) is 3.73. The fourth-order valence-electron chi connectivity index (χ4n) is 1.45. The summed E-state index contributed by atoms with van der Waals surface area (Å²) in [5.74, 6) is 0. The van der Waals surface area contributed by atoms with Gasteiger partial charge in [-0.15, -0.1) is 0 Å². The van der Waals surface area contributed by atoms with Crippen LogP contribution >= 0.6 is 11.6 Å². The Morgan fingerprint density at radius 3 is 3.00 bits per heavy atom. The Morgan fingerprint density at radius 1 is 1.44 bits per heavy atom. The van der Waals surface area contributed by atoms with Crippen LogP contribution in [0, 0.1) is 6.92 Å². The summed E-state index contributed by atoms with van der Waals surface area (Å²) < 4.78 is 1.89. The van der Waals surface area contributed by atoms with E-state index >= 15 is 0 Å². The highest BCUT2D eigenvalue weighted by atomic mass is 35.5. The molecule has 3 nitrogen and oxygen atoms in total. The smallest absolute Gasteiger partial charge is 0.0582 e. The van der Waals surface area contributed by atoms with E-state index in [1.54, 1.807) is 6.20 Å². The van der Waals surface area contributed by atoms with Crippen LogP contribution in [0.4, 0.5) is 5.69 Å². The molecule has 4 heteroatoms. The number of hydrogen-bond donors (Lipinski definition) is 1. The van der Waals surface area contributed by atoms with Gasteiger partial charge in [-0.1, -0.05) is 17.7 Å². The van der Waals surface area contributed by atoms with Gasteiger partial charge in [-0.25, -0.2) is 0 Å². The Balaban J connectivity index is 1.87. The van der Waals surface area contributed by atoms with E-state index < -0.39 is 0 Å². The van der Waals surface area contributed by atoms with Crippen LogP contribution in [-0.2, 0) is 6.54 Å². The fraction of sp³-hybridized carbons (Fsp3) is 0.250. The molecule has 0 aliphatic rings. The van der Waals surface area contributed by atoms with Crippen LogP contribution in [0.3, 0.4) is 0 Å². The van der Waals surface area contributed by atoms with Crippen molar-refractivity contribution in [1.29, 1.82) is 0 Å². The van der Waals surface area contributed by atoms with Gasteiger partial charge in [0.15, 0.2) is 0 Å². The Morgan fingerprint density at radius 2 is 2.31 bits per heavy atom. The molecule has 84 valence electrons. The number of nitrogens with one attached hydrogen (secondary N) is 1. The van der Waals surface area contributed by atoms with Crippen molar-refractivity contribution in [2.24, 2.45) is 0 Å². The van der Waals surface area contributed by atoms with Gasteiger partial charge in [0.2, 0.25) is 0 Å². The number of benzene rings is 1. The van der Waals surface area contributed by atoms with Crippen molar-refractivity contribution in [2.75, 3.05) is 11.9 Å². The standard InChI is InChI=1S/C12H14ClN3/c1-10-3-4-11(9-12(10)13)14-6-8-16-7-2-5-15-16/h2-5,7,9,14H,6,8H2,1H3. The first kappa shape index (κ1) is 11.0. The third kappa shape index (κ3) is 2.76. The highest BCUT2D eigenvalue weighted by Gasteiger charge is 1.97. The first-order chi connectivity index (χ1) is 7.75. The zero-order chi connectivity index (χ0) is 11.4. The second kappa shape index (κ2) is 5.03. The number of hydrogen-bond acceptors (Lipinski definition) is 2. The molecule has 0 fully saturated rings. The van der Waals surface area contributed by atoms with Gasteiger partial charge < -0.3 is 5.32 Å². The van der Waals surface area contributed by atoms with E-state index in [4.69, 9.17) is 11.6 Å². The van der Waals surface area contributed by atoms with Gasteiger partial charge in [0.25, 0.3) is 0 Å². The Kier molecular flexibility index (Phi) is 3.47. The molecule has 0 amide bonds. The van der Waals surface area contributed by atoms with E-state index in [-0.39, 0.29) is 0 Å². The van der Waals surface area contributed by atoms with Crippen LogP contribution in [0.15, 0.2) is 36.7 Å². The molecule has 0 radical (unpaired) electrons. The molecule has 2 rings (SSSR count). The summed E-state index contributed by atoms with van der Waals surface area (Å²) in [7, 11) is 0. The molecule has 1 N–H and O–H groups in total. The van der Waals surface area contributed by atoms with E-state index in [1.165, 1.54) is 0 Å². The molecule has 0 saturated carbocycles. The predicted molar refractivity (Wildman–Crippen MR) is 66.9 cm³/mol. The minimum atomic E-state index is 0.795. The topological polar surface area (TPSA) is 29.9 Å². The van der Waals surface area contributed by atoms with Crippen LogP contribution in [0.1, 0.15) is 5.56 Å². The third-order valence-electron chi connectivity index (χ3n) is 2.40. The van der Waals surface area contributed by atoms with E-state index in [0.29, 0.717) is 0 Å². The van der Waals surface area contributed by atoms with Crippen molar-refractivity contribution < 1.29 is 0 Å². The van der Waals surface area contributed by atoms with E-state index in [1.807, 2.05) is 42.1 Å². The highest BCUT2D eigenvalue weighted by Crippen LogP contribution is 2.19. The first-order valence-corrected chi connectivity index (χ1v) is 5.61. The predicted octanol–water partition coefficient (Wildman–Crippen LogP) is 2.96. The van der Waals surface area contributed by atoms with Crippen molar-refractivity contribution in [3.8, 4) is 0 Å². The summed E-state index contributed by atoms with van der Waals surface area (Å²) in [4.78, 5) is 0. The van der Waals surface area contributed by atoms with Gasteiger partial charge in [-0.05, 0) is 30.7 Å². The molecular formula is C12H14ClN3. The summed E-state index contributed by atoms with van der Waals surface area (Å²) in [5, 5.41) is 8.23. The maximum atomic E-state index is 6.03. The van der Waals surface area contributed by atoms with Crippen LogP contribution in [-0.4, -0.2) is 16.3 Å². The number of aromatic nitrogens is 2. The number of rotatable bonds is 4. The van der Waals surface area contributed by atoms with Crippen LogP contribution < -0.4 is 5.32 Å². The molecule has 1 aromatic carbocycles. The van der Waals surface area contributed by atoms with Crippen molar-refractivity contribution in [3.63, 3.8) is 0 Å². The van der Waals surface area contributed by atoms with Gasteiger partial charge in [-0.3, -0.25) is 4.68 Å². The van der Waals surface area contributed by atoms with Gasteiger partial charge in [0.1, 0.15) is 0 Å². The second-order valence-corrected chi connectivity index (χ2v) is 4.07. The molecule has 2 aromatic rings. The summed E-state index contributed by atoms with van der Waals surface area (Å²) in [6, 6.07) is 7.91. The summed E-state index contributed by atoms with van der Waals surface area (Å²) >= 11 is 6.03. The van der Waals surface area contributed by atoms with Crippen LogP contribution in [0.2, 0.25) is 5.02 Å². The monoisotopic (exact) mass is 235 g/mol. The largest absolute Gasteiger partial charge is 0.383 e. The molecule has 0 saturated heterocycles. The Bertz CT molecular complexity index is 451. The average Bonchev–Trinajstić information content (AvgIpc) is 2.76. The minimum absolute atomic E-state index is 0.795. The van der Waals surface area contributed by atoms with Gasteiger partial charge in [0, 0.05) is 29.6 Å². The molecule has 0 spiro atoms. The lowest BCUT2D eigenvalue weighted by atomic mass is 10.2. The van der Waals surface area contributed by atoms with Gasteiger partial charge in [0.05, 0.1) is 6.54 Å². The van der Waals surface area contributed by atoms with Crippen molar-refractivity contribution >= 4 is 17.3 Å². The molecule has 0 aliphatic heterocycles. The molecule has 0 unspecified atom stereocenters. The summed E-state index contributed by atoms with van der Waals surface area (Å²) in [5.41, 5.74) is 2.14. The Hall–Kier alpha value is -1.48. The molecular weight excluding hydrogens is 222 g/mol. The minimum Gasteiger partial charge on any atom is -0.383 e. The molecule has 0 atom stereocenters. The average molecular weight is 236 g/mol. The van der Waals surface area contributed by atoms with E-state index in [0.717, 1.165) is 29.4 Å². The maximum Gasteiger partial charge on any atom is 0.0582 e. The number of nitrogens with zero attached hydrogens (tertiary/aromatic N) is 2. The van der Waals surface area contributed by atoms with Crippen LogP contribution in [0.5, 0.6) is 0 Å². The van der Waals surface area contributed by atoms with Crippen molar-refractivity contribution in [2.45, 2.75) is 13.5 Å². The lowest BCUT2D eigenvalue weighted by Crippen LogP contribution is -2.10. The van der Waals surface area contributed by atoms with E-state index in [2.05, 4.69) is 10.4 Å². The van der Waals surface area contributed by atoms with Crippen molar-refractivity contribution in [3.05, 3.63) is 47.2 Å². The van der Waals surface area contributed by atoms with Crippen LogP contribution in [0.25, 0.3) is 0 Å². The lowest BCUT2D eigenvalue weighted by Gasteiger charge is -2.07. The molecule has 1 heterocycles. The molecule has 16 heavy (non-hydrogen) atoms. The Labute approximate surface area is 100 Å². The SMILES string of the molecule is Cc1ccc(NCCn2cccn2)cc1Cl. The molecule has 0 aliphatic carbocycles. The van der Waals surface area contributed by atoms with E-state index in [9.17, 15) is 0 Å². The highest BCUT2D eigenvalue weighted by molar-refractivity contribution is 6.31. The lowest BCUT2D eigenvalue weighted by molar-refractivity contribution is 0.638. The second-order valence-electron chi connectivity index (χ2n) is 3.66. The zero-order valence-corrected chi connectivity index (χ0v) is 9.91. The normalized spacial score (nSPS) is 10.4. The molecule has 1 aromatic heterocycles. The molecule has 0 bridgehead atoms.